The molecule has 2 nitrogen and oxygen atoms in total. The van der Waals surface area contributed by atoms with E-state index >= 15 is 0 Å². The maximum atomic E-state index is 2.58. The molecule has 2 heteroatoms. The third kappa shape index (κ3) is 6.19. The molecule has 0 fully saturated rings. The molecule has 1 heterocycles. The van der Waals surface area contributed by atoms with Crippen LogP contribution in [-0.4, -0.2) is 29.1 Å². The minimum atomic E-state index is 0.642. The van der Waals surface area contributed by atoms with E-state index in [0.717, 1.165) is 0 Å². The van der Waals surface area contributed by atoms with Crippen molar-refractivity contribution in [3.63, 3.8) is 0 Å². The van der Waals surface area contributed by atoms with Crippen molar-refractivity contribution in [2.24, 2.45) is 0 Å². The van der Waals surface area contributed by atoms with Crippen molar-refractivity contribution < 1.29 is 0 Å². The van der Waals surface area contributed by atoms with Crippen LogP contribution in [0.15, 0.2) is 12.4 Å². The minimum absolute atomic E-state index is 0.642. The van der Waals surface area contributed by atoms with Crippen molar-refractivity contribution >= 4 is 0 Å². The molecular weight excluding hydrogens is 244 g/mol. The van der Waals surface area contributed by atoms with E-state index in [1.165, 1.54) is 77.3 Å². The third-order valence-electron chi connectivity index (χ3n) is 4.30. The second kappa shape index (κ2) is 11.0. The van der Waals surface area contributed by atoms with Gasteiger partial charge in [0.25, 0.3) is 0 Å². The van der Waals surface area contributed by atoms with E-state index in [9.17, 15) is 0 Å². The smallest absolute Gasteiger partial charge is 0.101 e. The summed E-state index contributed by atoms with van der Waals surface area (Å²) in [5.41, 5.74) is 0. The van der Waals surface area contributed by atoms with Crippen LogP contribution in [0, 0.1) is 0 Å². The highest BCUT2D eigenvalue weighted by Crippen LogP contribution is 2.21. The van der Waals surface area contributed by atoms with Crippen LogP contribution in [0.25, 0.3) is 0 Å². The van der Waals surface area contributed by atoms with E-state index in [1.54, 1.807) is 0 Å². The zero-order valence-electron chi connectivity index (χ0n) is 14.1. The van der Waals surface area contributed by atoms with Crippen LogP contribution in [0.2, 0.25) is 0 Å². The highest BCUT2D eigenvalue weighted by atomic mass is 15.4. The SMILES string of the molecule is CCCCCCCN1C=CN(CCCCC)C1CCC. The second-order valence-electron chi connectivity index (χ2n) is 6.16. The van der Waals surface area contributed by atoms with Gasteiger partial charge < -0.3 is 9.80 Å². The van der Waals surface area contributed by atoms with Crippen LogP contribution in [0.5, 0.6) is 0 Å². The fraction of sp³-hybridized carbons (Fsp3) is 0.889. The maximum Gasteiger partial charge on any atom is 0.101 e. The first kappa shape index (κ1) is 17.4. The first-order chi connectivity index (χ1) is 9.83. The molecule has 0 aromatic carbocycles. The third-order valence-corrected chi connectivity index (χ3v) is 4.30. The predicted molar refractivity (Wildman–Crippen MR) is 89.5 cm³/mol. The molecule has 1 rings (SSSR count). The molecule has 0 spiro atoms. The van der Waals surface area contributed by atoms with Gasteiger partial charge in [-0.1, -0.05) is 65.7 Å². The lowest BCUT2D eigenvalue weighted by atomic mass is 10.1. The topological polar surface area (TPSA) is 6.48 Å². The number of nitrogens with zero attached hydrogens (tertiary/aromatic N) is 2. The fourth-order valence-electron chi connectivity index (χ4n) is 3.04. The van der Waals surface area contributed by atoms with E-state index in [0.29, 0.717) is 6.17 Å². The molecule has 1 atom stereocenters. The Bertz CT molecular complexity index is 250. The average molecular weight is 280 g/mol. The van der Waals surface area contributed by atoms with E-state index < -0.39 is 0 Å². The lowest BCUT2D eigenvalue weighted by molar-refractivity contribution is 0.138. The second-order valence-corrected chi connectivity index (χ2v) is 6.16. The molecule has 0 amide bonds. The minimum Gasteiger partial charge on any atom is -0.356 e. The van der Waals surface area contributed by atoms with Crippen molar-refractivity contribution in [3.8, 4) is 0 Å². The van der Waals surface area contributed by atoms with Gasteiger partial charge in [-0.3, -0.25) is 0 Å². The number of hydrogen-bond acceptors (Lipinski definition) is 2. The lowest BCUT2D eigenvalue weighted by Crippen LogP contribution is -2.39. The molecule has 0 aromatic rings. The van der Waals surface area contributed by atoms with E-state index in [4.69, 9.17) is 0 Å². The van der Waals surface area contributed by atoms with Crippen molar-refractivity contribution in [2.45, 2.75) is 91.1 Å². The van der Waals surface area contributed by atoms with Crippen LogP contribution in [0.4, 0.5) is 0 Å². The van der Waals surface area contributed by atoms with E-state index in [-0.39, 0.29) is 0 Å². The maximum absolute atomic E-state index is 2.58. The van der Waals surface area contributed by atoms with Crippen molar-refractivity contribution in [1.29, 1.82) is 0 Å². The highest BCUT2D eigenvalue weighted by molar-refractivity contribution is 4.96. The zero-order valence-corrected chi connectivity index (χ0v) is 14.1. The Balaban J connectivity index is 2.29. The molecule has 0 aliphatic carbocycles. The molecule has 0 N–H and O–H groups in total. The summed E-state index contributed by atoms with van der Waals surface area (Å²) in [7, 11) is 0. The summed E-state index contributed by atoms with van der Waals surface area (Å²) in [5.74, 6) is 0. The van der Waals surface area contributed by atoms with Crippen molar-refractivity contribution in [1.82, 2.24) is 9.80 Å². The first-order valence-electron chi connectivity index (χ1n) is 9.03. The summed E-state index contributed by atoms with van der Waals surface area (Å²) in [6.45, 7) is 9.36. The Morgan fingerprint density at radius 1 is 0.650 bits per heavy atom. The number of rotatable bonds is 12. The van der Waals surface area contributed by atoms with E-state index in [2.05, 4.69) is 43.0 Å². The predicted octanol–water partition coefficient (Wildman–Crippen LogP) is 5.36. The first-order valence-corrected chi connectivity index (χ1v) is 9.03. The molecular formula is C18H36N2. The number of hydrogen-bond donors (Lipinski definition) is 0. The summed E-state index contributed by atoms with van der Waals surface area (Å²) in [5, 5.41) is 0. The molecule has 0 radical (unpaired) electrons. The van der Waals surface area contributed by atoms with Crippen LogP contribution < -0.4 is 0 Å². The van der Waals surface area contributed by atoms with Gasteiger partial charge in [0.1, 0.15) is 6.17 Å². The molecule has 118 valence electrons. The summed E-state index contributed by atoms with van der Waals surface area (Å²) in [6, 6.07) is 0. The quantitative estimate of drug-likeness (QED) is 0.444. The van der Waals surface area contributed by atoms with Crippen LogP contribution in [-0.2, 0) is 0 Å². The summed E-state index contributed by atoms with van der Waals surface area (Å²) in [4.78, 5) is 5.16. The monoisotopic (exact) mass is 280 g/mol. The summed E-state index contributed by atoms with van der Waals surface area (Å²) < 4.78 is 0. The molecule has 1 aliphatic rings. The fourth-order valence-corrected chi connectivity index (χ4v) is 3.04. The molecule has 1 aliphatic heterocycles. The van der Waals surface area contributed by atoms with Crippen LogP contribution in [0.3, 0.4) is 0 Å². The van der Waals surface area contributed by atoms with Gasteiger partial charge in [-0.15, -0.1) is 0 Å². The van der Waals surface area contributed by atoms with Gasteiger partial charge in [0.2, 0.25) is 0 Å². The van der Waals surface area contributed by atoms with Gasteiger partial charge in [-0.25, -0.2) is 0 Å². The zero-order chi connectivity index (χ0) is 14.6. The average Bonchev–Trinajstić information content (AvgIpc) is 2.82. The van der Waals surface area contributed by atoms with Gasteiger partial charge in [0.15, 0.2) is 0 Å². The highest BCUT2D eigenvalue weighted by Gasteiger charge is 2.24. The van der Waals surface area contributed by atoms with Crippen LogP contribution >= 0.6 is 0 Å². The largest absolute Gasteiger partial charge is 0.356 e. The molecule has 1 unspecified atom stereocenters. The molecule has 0 bridgehead atoms. The van der Waals surface area contributed by atoms with Gasteiger partial charge in [0.05, 0.1) is 0 Å². The lowest BCUT2D eigenvalue weighted by Gasteiger charge is -2.33. The molecule has 20 heavy (non-hydrogen) atoms. The molecule has 0 saturated heterocycles. The standard InChI is InChI=1S/C18H36N2/c1-4-7-9-10-12-15-20-17-16-19(14-11-8-5-2)18(20)13-6-3/h16-18H,4-15H2,1-3H3. The Morgan fingerprint density at radius 2 is 1.15 bits per heavy atom. The van der Waals surface area contributed by atoms with Gasteiger partial charge >= 0.3 is 0 Å². The Morgan fingerprint density at radius 3 is 1.70 bits per heavy atom. The van der Waals surface area contributed by atoms with Crippen LogP contribution in [0.1, 0.15) is 85.0 Å². The molecule has 0 saturated carbocycles. The summed E-state index contributed by atoms with van der Waals surface area (Å²) in [6.07, 6.45) is 18.8. The van der Waals surface area contributed by atoms with Crippen molar-refractivity contribution in [3.05, 3.63) is 12.4 Å². The Labute approximate surface area is 127 Å². The Kier molecular flexibility index (Phi) is 9.61. The normalized spacial score (nSPS) is 18.2. The number of unbranched alkanes of at least 4 members (excludes halogenated alkanes) is 6. The van der Waals surface area contributed by atoms with Crippen molar-refractivity contribution in [2.75, 3.05) is 13.1 Å². The summed E-state index contributed by atoms with van der Waals surface area (Å²) >= 11 is 0. The molecule has 0 aromatic heterocycles. The van der Waals surface area contributed by atoms with E-state index in [1.807, 2.05) is 0 Å². The van der Waals surface area contributed by atoms with Gasteiger partial charge in [-0.05, 0) is 19.3 Å². The van der Waals surface area contributed by atoms with Gasteiger partial charge in [0, 0.05) is 25.5 Å². The Hall–Kier alpha value is -0.660. The van der Waals surface area contributed by atoms with Gasteiger partial charge in [-0.2, -0.15) is 0 Å².